The highest BCUT2D eigenvalue weighted by Crippen LogP contribution is 2.29. The number of hydrogen-bond donors (Lipinski definition) is 1. The molecule has 0 unspecified atom stereocenters. The van der Waals surface area contributed by atoms with E-state index in [1.54, 1.807) is 36.4 Å². The average molecular weight is 488 g/mol. The molecule has 0 heterocycles. The summed E-state index contributed by atoms with van der Waals surface area (Å²) in [4.78, 5) is 21.9. The number of nitro benzene ring substituents is 1. The van der Waals surface area contributed by atoms with E-state index >= 15 is 0 Å². The van der Waals surface area contributed by atoms with E-state index in [2.05, 4.69) is 0 Å². The first-order valence-electron chi connectivity index (χ1n) is 10.1. The molecule has 1 atom stereocenters. The van der Waals surface area contributed by atoms with Crippen molar-refractivity contribution in [3.8, 4) is 5.75 Å². The standard InChI is InChI=1S/C23H22FN3O6S/c1-16(23(25)28)26(34(31,32)22-8-3-2-7-21(22)27(29)30)14-17-9-11-20(12-10-17)33-15-18-5-4-6-19(24)13-18/h2-13,16H,14-15H2,1H3,(H2,25,28)/t16-/m0/s1. The van der Waals surface area contributed by atoms with Gasteiger partial charge in [0.1, 0.15) is 24.2 Å². The Kier molecular flexibility index (Phi) is 7.59. The van der Waals surface area contributed by atoms with Gasteiger partial charge >= 0.3 is 0 Å². The van der Waals surface area contributed by atoms with Gasteiger partial charge in [0, 0.05) is 12.6 Å². The number of primary amides is 1. The second-order valence-electron chi connectivity index (χ2n) is 7.42. The number of carbonyl (C=O) groups is 1. The van der Waals surface area contributed by atoms with E-state index in [4.69, 9.17) is 10.5 Å². The molecule has 2 N–H and O–H groups in total. The molecule has 3 rings (SSSR count). The highest BCUT2D eigenvalue weighted by atomic mass is 32.2. The Morgan fingerprint density at radius 3 is 2.38 bits per heavy atom. The summed E-state index contributed by atoms with van der Waals surface area (Å²) in [5, 5.41) is 11.4. The number of hydrogen-bond acceptors (Lipinski definition) is 6. The molecule has 0 bridgehead atoms. The van der Waals surface area contributed by atoms with Crippen LogP contribution in [0.2, 0.25) is 0 Å². The number of halogens is 1. The fourth-order valence-corrected chi connectivity index (χ4v) is 4.94. The van der Waals surface area contributed by atoms with Crippen molar-refractivity contribution in [1.82, 2.24) is 4.31 Å². The van der Waals surface area contributed by atoms with Crippen LogP contribution in [-0.4, -0.2) is 29.6 Å². The molecule has 0 saturated carbocycles. The van der Waals surface area contributed by atoms with E-state index in [-0.39, 0.29) is 19.0 Å². The largest absolute Gasteiger partial charge is 0.489 e. The van der Waals surface area contributed by atoms with Crippen LogP contribution in [0.15, 0.2) is 77.7 Å². The number of nitrogens with zero attached hydrogens (tertiary/aromatic N) is 2. The van der Waals surface area contributed by atoms with Gasteiger partial charge in [-0.1, -0.05) is 36.4 Å². The van der Waals surface area contributed by atoms with Crippen LogP contribution in [0, 0.1) is 15.9 Å². The Labute approximate surface area is 195 Å². The number of para-hydroxylation sites is 1. The van der Waals surface area contributed by atoms with E-state index < -0.39 is 37.5 Å². The molecular formula is C23H22FN3O6S. The molecule has 0 aliphatic heterocycles. The highest BCUT2D eigenvalue weighted by molar-refractivity contribution is 7.89. The minimum atomic E-state index is -4.46. The zero-order valence-corrected chi connectivity index (χ0v) is 18.9. The minimum absolute atomic E-state index is 0.133. The van der Waals surface area contributed by atoms with Gasteiger partial charge in [-0.2, -0.15) is 4.31 Å². The zero-order valence-electron chi connectivity index (χ0n) is 18.1. The van der Waals surface area contributed by atoms with Crippen LogP contribution in [0.5, 0.6) is 5.75 Å². The Morgan fingerprint density at radius 2 is 1.76 bits per heavy atom. The first kappa shape index (κ1) is 24.8. The van der Waals surface area contributed by atoms with Gasteiger partial charge in [-0.3, -0.25) is 14.9 Å². The molecule has 11 heteroatoms. The van der Waals surface area contributed by atoms with Crippen LogP contribution in [0.3, 0.4) is 0 Å². The summed E-state index contributed by atoms with van der Waals surface area (Å²) in [6, 6.07) is 16.0. The van der Waals surface area contributed by atoms with Crippen molar-refractivity contribution >= 4 is 21.6 Å². The topological polar surface area (TPSA) is 133 Å². The van der Waals surface area contributed by atoms with Crippen molar-refractivity contribution in [2.24, 2.45) is 5.73 Å². The molecule has 34 heavy (non-hydrogen) atoms. The van der Waals surface area contributed by atoms with Crippen molar-refractivity contribution in [3.63, 3.8) is 0 Å². The molecule has 9 nitrogen and oxygen atoms in total. The molecule has 0 saturated heterocycles. The second kappa shape index (κ2) is 10.4. The van der Waals surface area contributed by atoms with Gasteiger partial charge in [-0.05, 0) is 48.4 Å². The summed E-state index contributed by atoms with van der Waals surface area (Å²) >= 11 is 0. The predicted octanol–water partition coefficient (Wildman–Crippen LogP) is 3.38. The van der Waals surface area contributed by atoms with Crippen LogP contribution in [0.25, 0.3) is 0 Å². The molecule has 0 fully saturated rings. The molecule has 3 aromatic rings. The van der Waals surface area contributed by atoms with Gasteiger partial charge in [0.05, 0.1) is 4.92 Å². The number of amides is 1. The first-order valence-corrected chi connectivity index (χ1v) is 11.5. The fraction of sp³-hybridized carbons (Fsp3) is 0.174. The smallest absolute Gasteiger partial charge is 0.289 e. The SMILES string of the molecule is C[C@@H](C(N)=O)N(Cc1ccc(OCc2cccc(F)c2)cc1)S(=O)(=O)c1ccccc1[N+](=O)[O-]. The molecule has 0 radical (unpaired) electrons. The van der Waals surface area contributed by atoms with E-state index in [1.165, 1.54) is 31.2 Å². The normalized spacial score (nSPS) is 12.3. The summed E-state index contributed by atoms with van der Waals surface area (Å²) in [7, 11) is -4.46. The number of benzene rings is 3. The molecule has 178 valence electrons. The van der Waals surface area contributed by atoms with E-state index in [0.29, 0.717) is 16.9 Å². The third-order valence-electron chi connectivity index (χ3n) is 5.05. The number of nitro groups is 1. The third-order valence-corrected chi connectivity index (χ3v) is 7.01. The Balaban J connectivity index is 1.84. The molecule has 1 amide bonds. The fourth-order valence-electron chi connectivity index (χ4n) is 3.19. The molecular weight excluding hydrogens is 465 g/mol. The van der Waals surface area contributed by atoms with E-state index in [1.807, 2.05) is 0 Å². The maximum absolute atomic E-state index is 13.3. The lowest BCUT2D eigenvalue weighted by atomic mass is 10.2. The maximum atomic E-state index is 13.3. The van der Waals surface area contributed by atoms with Crippen molar-refractivity contribution in [1.29, 1.82) is 0 Å². The number of ether oxygens (including phenoxy) is 1. The van der Waals surface area contributed by atoms with Gasteiger partial charge in [0.25, 0.3) is 15.7 Å². The second-order valence-corrected chi connectivity index (χ2v) is 9.27. The monoisotopic (exact) mass is 487 g/mol. The van der Waals surface area contributed by atoms with Crippen LogP contribution >= 0.6 is 0 Å². The predicted molar refractivity (Wildman–Crippen MR) is 122 cm³/mol. The molecule has 0 aliphatic rings. The van der Waals surface area contributed by atoms with Crippen molar-refractivity contribution in [2.45, 2.75) is 31.0 Å². The highest BCUT2D eigenvalue weighted by Gasteiger charge is 2.36. The van der Waals surface area contributed by atoms with Crippen molar-refractivity contribution in [3.05, 3.63) is 99.9 Å². The summed E-state index contributed by atoms with van der Waals surface area (Å²) in [6.45, 7) is 1.18. The summed E-state index contributed by atoms with van der Waals surface area (Å²) in [5.74, 6) is -0.818. The van der Waals surface area contributed by atoms with E-state index in [0.717, 1.165) is 16.4 Å². The summed E-state index contributed by atoms with van der Waals surface area (Å²) in [5.41, 5.74) is 5.89. The Hall–Kier alpha value is -3.83. The number of nitrogens with two attached hydrogens (primary N) is 1. The van der Waals surface area contributed by atoms with Crippen molar-refractivity contribution in [2.75, 3.05) is 0 Å². The van der Waals surface area contributed by atoms with Gasteiger partial charge < -0.3 is 10.5 Å². The Morgan fingerprint density at radius 1 is 1.09 bits per heavy atom. The summed E-state index contributed by atoms with van der Waals surface area (Å²) < 4.78 is 46.4. The minimum Gasteiger partial charge on any atom is -0.489 e. The quantitative estimate of drug-likeness (QED) is 0.344. The zero-order chi connectivity index (χ0) is 24.9. The average Bonchev–Trinajstić information content (AvgIpc) is 2.81. The Bertz CT molecular complexity index is 1300. The van der Waals surface area contributed by atoms with Gasteiger partial charge in [0.2, 0.25) is 5.91 Å². The number of sulfonamides is 1. The van der Waals surface area contributed by atoms with Crippen LogP contribution in [-0.2, 0) is 28.0 Å². The van der Waals surface area contributed by atoms with Gasteiger partial charge in [-0.15, -0.1) is 0 Å². The molecule has 3 aromatic carbocycles. The first-order chi connectivity index (χ1) is 16.1. The number of carbonyl (C=O) groups excluding carboxylic acids is 1. The van der Waals surface area contributed by atoms with Crippen molar-refractivity contribution < 1.29 is 27.3 Å². The van der Waals surface area contributed by atoms with Crippen LogP contribution in [0.4, 0.5) is 10.1 Å². The van der Waals surface area contributed by atoms with Gasteiger partial charge in [0.15, 0.2) is 4.90 Å². The van der Waals surface area contributed by atoms with Gasteiger partial charge in [-0.25, -0.2) is 12.8 Å². The third kappa shape index (κ3) is 5.74. The number of rotatable bonds is 10. The molecule has 0 aliphatic carbocycles. The lowest BCUT2D eigenvalue weighted by Gasteiger charge is -2.26. The maximum Gasteiger partial charge on any atom is 0.289 e. The molecule has 0 spiro atoms. The molecule has 0 aromatic heterocycles. The lowest BCUT2D eigenvalue weighted by molar-refractivity contribution is -0.387. The summed E-state index contributed by atoms with van der Waals surface area (Å²) in [6.07, 6.45) is 0. The van der Waals surface area contributed by atoms with E-state index in [9.17, 15) is 27.7 Å². The lowest BCUT2D eigenvalue weighted by Crippen LogP contribution is -2.45. The van der Waals surface area contributed by atoms with Crippen LogP contribution in [0.1, 0.15) is 18.1 Å². The van der Waals surface area contributed by atoms with Crippen LogP contribution < -0.4 is 10.5 Å².